The fourth-order valence-electron chi connectivity index (χ4n) is 4.08. The zero-order chi connectivity index (χ0) is 25.9. The molecule has 0 saturated heterocycles. The summed E-state index contributed by atoms with van der Waals surface area (Å²) in [4.78, 5) is 43.7. The summed E-state index contributed by atoms with van der Waals surface area (Å²) in [5.74, 6) is -0.638. The molecule has 0 amide bonds. The van der Waals surface area contributed by atoms with E-state index in [1.165, 1.54) is 23.7 Å². The van der Waals surface area contributed by atoms with Crippen molar-refractivity contribution in [3.05, 3.63) is 121 Å². The quantitative estimate of drug-likeness (QED) is 0.288. The van der Waals surface area contributed by atoms with Crippen LogP contribution in [-0.2, 0) is 9.53 Å². The number of carbonyl (C=O) groups excluding carboxylic acids is 2. The molecule has 5 rings (SSSR count). The van der Waals surface area contributed by atoms with Crippen LogP contribution in [0.1, 0.15) is 41.6 Å². The maximum Gasteiger partial charge on any atom is 0.379 e. The van der Waals surface area contributed by atoms with Gasteiger partial charge in [-0.25, -0.2) is 14.6 Å². The summed E-state index contributed by atoms with van der Waals surface area (Å²) in [6.45, 7) is 3.71. The molecule has 1 aliphatic rings. The van der Waals surface area contributed by atoms with Crippen LogP contribution in [0.4, 0.5) is 0 Å². The Labute approximate surface area is 215 Å². The van der Waals surface area contributed by atoms with Gasteiger partial charge in [-0.3, -0.25) is 9.36 Å². The van der Waals surface area contributed by atoms with Crippen LogP contribution in [-0.4, -0.2) is 23.1 Å². The zero-order valence-electron chi connectivity index (χ0n) is 20.0. The fourth-order valence-corrected chi connectivity index (χ4v) is 5.12. The maximum atomic E-state index is 13.6. The smallest absolute Gasteiger partial charge is 0.379 e. The number of nitrogens with zero attached hydrogens (tertiary/aromatic N) is 2. The molecule has 9 heteroatoms. The molecular weight excluding hydrogens is 492 g/mol. The van der Waals surface area contributed by atoms with Crippen LogP contribution < -0.4 is 19.6 Å². The van der Waals surface area contributed by atoms with Gasteiger partial charge in [-0.1, -0.05) is 53.8 Å². The lowest BCUT2D eigenvalue weighted by Crippen LogP contribution is -2.39. The third-order valence-electron chi connectivity index (χ3n) is 5.74. The third kappa shape index (κ3) is 4.81. The number of ether oxygens (including phenoxy) is 2. The average Bonchev–Trinajstić information content (AvgIpc) is 3.54. The Morgan fingerprint density at radius 2 is 1.81 bits per heavy atom. The largest absolute Gasteiger partial charge is 0.463 e. The number of allylic oxidation sites excluding steroid dienone is 1. The lowest BCUT2D eigenvalue weighted by molar-refractivity contribution is -0.139. The third-order valence-corrected chi connectivity index (χ3v) is 6.73. The summed E-state index contributed by atoms with van der Waals surface area (Å²) in [7, 11) is 0. The van der Waals surface area contributed by atoms with E-state index in [4.69, 9.17) is 13.9 Å². The van der Waals surface area contributed by atoms with E-state index in [-0.39, 0.29) is 17.9 Å². The molecule has 3 heterocycles. The molecule has 0 fully saturated rings. The minimum absolute atomic E-state index is 0.107. The predicted octanol–water partition coefficient (Wildman–Crippen LogP) is 3.61. The van der Waals surface area contributed by atoms with Gasteiger partial charge in [0.15, 0.2) is 4.80 Å². The summed E-state index contributed by atoms with van der Waals surface area (Å²) < 4.78 is 17.7. The number of benzene rings is 2. The highest BCUT2D eigenvalue weighted by atomic mass is 32.1. The van der Waals surface area contributed by atoms with Crippen LogP contribution in [0.25, 0.3) is 6.08 Å². The minimum atomic E-state index is -0.651. The molecule has 1 aliphatic heterocycles. The van der Waals surface area contributed by atoms with Gasteiger partial charge >= 0.3 is 11.9 Å². The second-order valence-corrected chi connectivity index (χ2v) is 9.16. The van der Waals surface area contributed by atoms with Crippen molar-refractivity contribution in [2.75, 3.05) is 6.61 Å². The van der Waals surface area contributed by atoms with E-state index in [1.807, 2.05) is 30.3 Å². The molecule has 0 N–H and O–H groups in total. The summed E-state index contributed by atoms with van der Waals surface area (Å²) in [6.07, 6.45) is 3.14. The lowest BCUT2D eigenvalue weighted by atomic mass is 9.96. The van der Waals surface area contributed by atoms with Gasteiger partial charge in [0.2, 0.25) is 5.76 Å². The highest BCUT2D eigenvalue weighted by Gasteiger charge is 2.33. The number of hydrogen-bond donors (Lipinski definition) is 0. The van der Waals surface area contributed by atoms with Crippen molar-refractivity contribution in [1.29, 1.82) is 0 Å². The first-order chi connectivity index (χ1) is 18.0. The topological polar surface area (TPSA) is 100 Å². The first-order valence-corrected chi connectivity index (χ1v) is 12.4. The van der Waals surface area contributed by atoms with Gasteiger partial charge in [-0.05, 0) is 55.3 Å². The van der Waals surface area contributed by atoms with Crippen LogP contribution in [0, 0.1) is 0 Å². The monoisotopic (exact) mass is 514 g/mol. The molecule has 8 nitrogen and oxygen atoms in total. The molecule has 0 saturated carbocycles. The SMILES string of the molecule is CCOC(=O)C1=C(C)N=c2s/c(=C/c3ccc(OC(=O)c4ccco4)cc3)c(=O)n2[C@@H]1c1ccccc1. The van der Waals surface area contributed by atoms with Crippen molar-refractivity contribution in [3.63, 3.8) is 0 Å². The van der Waals surface area contributed by atoms with Crippen LogP contribution in [0.3, 0.4) is 0 Å². The van der Waals surface area contributed by atoms with Gasteiger partial charge in [0.05, 0.1) is 34.7 Å². The summed E-state index contributed by atoms with van der Waals surface area (Å²) in [5.41, 5.74) is 2.12. The molecule has 0 unspecified atom stereocenters. The van der Waals surface area contributed by atoms with Crippen molar-refractivity contribution < 1.29 is 23.5 Å². The average molecular weight is 515 g/mol. The Morgan fingerprint density at radius 3 is 2.49 bits per heavy atom. The number of carbonyl (C=O) groups is 2. The van der Waals surface area contributed by atoms with E-state index in [0.717, 1.165) is 11.1 Å². The number of aromatic nitrogens is 1. The molecule has 0 bridgehead atoms. The highest BCUT2D eigenvalue weighted by Crippen LogP contribution is 2.30. The van der Waals surface area contributed by atoms with Crippen LogP contribution in [0.2, 0.25) is 0 Å². The number of thiazole rings is 1. The van der Waals surface area contributed by atoms with E-state index in [2.05, 4.69) is 4.99 Å². The number of hydrogen-bond acceptors (Lipinski definition) is 8. The van der Waals surface area contributed by atoms with E-state index < -0.39 is 18.0 Å². The molecule has 186 valence electrons. The minimum Gasteiger partial charge on any atom is -0.463 e. The first kappa shape index (κ1) is 24.2. The maximum absolute atomic E-state index is 13.6. The molecule has 0 radical (unpaired) electrons. The normalized spacial score (nSPS) is 15.2. The Balaban J connectivity index is 1.52. The molecule has 37 heavy (non-hydrogen) atoms. The molecule has 2 aromatic heterocycles. The van der Waals surface area contributed by atoms with E-state index in [0.29, 0.717) is 26.4 Å². The molecule has 0 aliphatic carbocycles. The van der Waals surface area contributed by atoms with E-state index in [1.54, 1.807) is 54.8 Å². The Bertz CT molecular complexity index is 1660. The van der Waals surface area contributed by atoms with Gasteiger partial charge in [-0.2, -0.15) is 0 Å². The number of esters is 2. The molecule has 0 spiro atoms. The van der Waals surface area contributed by atoms with Crippen molar-refractivity contribution in [3.8, 4) is 5.75 Å². The van der Waals surface area contributed by atoms with Crippen LogP contribution >= 0.6 is 11.3 Å². The predicted molar refractivity (Wildman–Crippen MR) is 137 cm³/mol. The van der Waals surface area contributed by atoms with Gasteiger partial charge in [0.25, 0.3) is 5.56 Å². The lowest BCUT2D eigenvalue weighted by Gasteiger charge is -2.24. The first-order valence-electron chi connectivity index (χ1n) is 11.6. The van der Waals surface area contributed by atoms with Gasteiger partial charge in [-0.15, -0.1) is 0 Å². The van der Waals surface area contributed by atoms with Crippen molar-refractivity contribution in [1.82, 2.24) is 4.57 Å². The fraction of sp³-hybridized carbons (Fsp3) is 0.143. The molecule has 2 aromatic carbocycles. The number of furan rings is 1. The highest BCUT2D eigenvalue weighted by molar-refractivity contribution is 7.07. The Kier molecular flexibility index (Phi) is 6.70. The standard InChI is InChI=1S/C28H22N2O6S/c1-3-34-27(33)23-17(2)29-28-30(24(23)19-8-5-4-6-9-19)25(31)22(37-28)16-18-11-13-20(14-12-18)36-26(32)21-10-7-15-35-21/h4-16,24H,3H2,1-2H3/b22-16+/t24-/m1/s1. The molecular formula is C28H22N2O6S. The van der Waals surface area contributed by atoms with Crippen molar-refractivity contribution >= 4 is 29.4 Å². The zero-order valence-corrected chi connectivity index (χ0v) is 20.9. The summed E-state index contributed by atoms with van der Waals surface area (Å²) >= 11 is 1.24. The van der Waals surface area contributed by atoms with E-state index in [9.17, 15) is 14.4 Å². The van der Waals surface area contributed by atoms with Crippen LogP contribution in [0.5, 0.6) is 5.75 Å². The summed E-state index contributed by atoms with van der Waals surface area (Å²) in [5, 5.41) is 0. The van der Waals surface area contributed by atoms with Gasteiger partial charge in [0.1, 0.15) is 5.75 Å². The van der Waals surface area contributed by atoms with E-state index >= 15 is 0 Å². The van der Waals surface area contributed by atoms with Gasteiger partial charge in [0, 0.05) is 0 Å². The van der Waals surface area contributed by atoms with Crippen LogP contribution in [0.15, 0.2) is 98.5 Å². The number of fused-ring (bicyclic) bond motifs is 1. The van der Waals surface area contributed by atoms with Crippen molar-refractivity contribution in [2.45, 2.75) is 19.9 Å². The molecule has 1 atom stereocenters. The Hall–Kier alpha value is -4.50. The summed E-state index contributed by atoms with van der Waals surface area (Å²) in [6, 6.07) is 18.6. The van der Waals surface area contributed by atoms with Crippen molar-refractivity contribution in [2.24, 2.45) is 4.99 Å². The van der Waals surface area contributed by atoms with Gasteiger partial charge < -0.3 is 13.9 Å². The second kappa shape index (κ2) is 10.2. The Morgan fingerprint density at radius 1 is 1.05 bits per heavy atom. The number of rotatable bonds is 6. The molecule has 4 aromatic rings. The second-order valence-electron chi connectivity index (χ2n) is 8.15.